The van der Waals surface area contributed by atoms with E-state index in [-0.39, 0.29) is 11.4 Å². The fraction of sp³-hybridized carbons (Fsp3) is 0.429. The molecule has 0 aliphatic rings. The molecule has 0 bridgehead atoms. The maximum absolute atomic E-state index is 12.0. The molecule has 18 heavy (non-hydrogen) atoms. The van der Waals surface area contributed by atoms with E-state index in [4.69, 9.17) is 11.0 Å². The predicted molar refractivity (Wildman–Crippen MR) is 72.1 cm³/mol. The molecule has 0 fully saturated rings. The molecular weight excluding hydrogens is 226 g/mol. The van der Waals surface area contributed by atoms with Gasteiger partial charge in [-0.1, -0.05) is 12.1 Å². The molecule has 96 valence electrons. The number of rotatable bonds is 4. The number of hydrogen-bond acceptors (Lipinski definition) is 3. The number of benzene rings is 1. The van der Waals surface area contributed by atoms with Gasteiger partial charge < -0.3 is 10.6 Å². The number of nitriles is 1. The fourth-order valence-corrected chi connectivity index (χ4v) is 1.59. The highest BCUT2D eigenvalue weighted by Gasteiger charge is 2.18. The van der Waals surface area contributed by atoms with Gasteiger partial charge in [0.15, 0.2) is 0 Å². The Morgan fingerprint density at radius 2 is 2.06 bits per heavy atom. The molecule has 0 spiro atoms. The number of hydrogen-bond donors (Lipinski definition) is 1. The lowest BCUT2D eigenvalue weighted by molar-refractivity contribution is -0.118. The lowest BCUT2D eigenvalue weighted by Gasteiger charge is -2.22. The Morgan fingerprint density at radius 3 is 2.61 bits per heavy atom. The molecule has 1 aromatic carbocycles. The van der Waals surface area contributed by atoms with Crippen LogP contribution in [0.3, 0.4) is 0 Å². The zero-order valence-electron chi connectivity index (χ0n) is 11.1. The molecule has 1 amide bonds. The van der Waals surface area contributed by atoms with Crippen LogP contribution in [0, 0.1) is 11.3 Å². The third-order valence-corrected chi connectivity index (χ3v) is 2.74. The van der Waals surface area contributed by atoms with Crippen LogP contribution < -0.4 is 10.6 Å². The lowest BCUT2D eigenvalue weighted by atomic mass is 9.99. The molecule has 1 aromatic rings. The first kappa shape index (κ1) is 14.2. The monoisotopic (exact) mass is 245 g/mol. The summed E-state index contributed by atoms with van der Waals surface area (Å²) in [5.74, 6) is -0.0313. The Balaban J connectivity index is 2.78. The first-order valence-corrected chi connectivity index (χ1v) is 5.90. The Labute approximate surface area is 108 Å². The Morgan fingerprint density at radius 1 is 1.44 bits per heavy atom. The maximum atomic E-state index is 12.0. The number of para-hydroxylation sites is 1. The number of anilines is 1. The van der Waals surface area contributed by atoms with Gasteiger partial charge >= 0.3 is 0 Å². The number of carbonyl (C=O) groups is 1. The summed E-state index contributed by atoms with van der Waals surface area (Å²) in [5.41, 5.74) is 6.64. The molecule has 0 saturated carbocycles. The summed E-state index contributed by atoms with van der Waals surface area (Å²) < 4.78 is 0. The number of nitrogens with two attached hydrogens (primary N) is 1. The van der Waals surface area contributed by atoms with Gasteiger partial charge in [-0.25, -0.2) is 0 Å². The van der Waals surface area contributed by atoms with Crippen molar-refractivity contribution in [2.24, 2.45) is 5.73 Å². The van der Waals surface area contributed by atoms with Crippen molar-refractivity contribution in [2.75, 3.05) is 11.9 Å². The van der Waals surface area contributed by atoms with E-state index < -0.39 is 0 Å². The third kappa shape index (κ3) is 3.86. The van der Waals surface area contributed by atoms with Gasteiger partial charge in [0.2, 0.25) is 5.91 Å². The van der Waals surface area contributed by atoms with E-state index in [1.54, 1.807) is 25.2 Å². The van der Waals surface area contributed by atoms with Gasteiger partial charge in [0.25, 0.3) is 0 Å². The van der Waals surface area contributed by atoms with Crippen LogP contribution in [-0.4, -0.2) is 18.5 Å². The van der Waals surface area contributed by atoms with E-state index in [0.29, 0.717) is 24.1 Å². The van der Waals surface area contributed by atoms with Crippen molar-refractivity contribution in [1.29, 1.82) is 5.26 Å². The Kier molecular flexibility index (Phi) is 4.46. The van der Waals surface area contributed by atoms with Gasteiger partial charge in [0.05, 0.1) is 11.3 Å². The summed E-state index contributed by atoms with van der Waals surface area (Å²) in [7, 11) is 1.68. The minimum Gasteiger partial charge on any atom is -0.326 e. The highest BCUT2D eigenvalue weighted by Crippen LogP contribution is 2.20. The largest absolute Gasteiger partial charge is 0.326 e. The van der Waals surface area contributed by atoms with Crippen molar-refractivity contribution in [2.45, 2.75) is 32.2 Å². The minimum absolute atomic E-state index is 0.0313. The molecule has 0 aromatic heterocycles. The first-order chi connectivity index (χ1) is 8.35. The molecule has 0 atom stereocenters. The molecule has 4 heteroatoms. The van der Waals surface area contributed by atoms with Crippen LogP contribution in [0.25, 0.3) is 0 Å². The van der Waals surface area contributed by atoms with Gasteiger partial charge in [-0.15, -0.1) is 0 Å². The van der Waals surface area contributed by atoms with Crippen LogP contribution in [-0.2, 0) is 4.79 Å². The van der Waals surface area contributed by atoms with Gasteiger partial charge in [-0.2, -0.15) is 5.26 Å². The summed E-state index contributed by atoms with van der Waals surface area (Å²) in [5, 5.41) is 9.00. The molecule has 0 aliphatic heterocycles. The van der Waals surface area contributed by atoms with Crippen molar-refractivity contribution >= 4 is 11.6 Å². The van der Waals surface area contributed by atoms with E-state index in [1.807, 2.05) is 19.9 Å². The second-order valence-electron chi connectivity index (χ2n) is 5.07. The molecule has 0 unspecified atom stereocenters. The van der Waals surface area contributed by atoms with Gasteiger partial charge in [-0.05, 0) is 32.4 Å². The average molecular weight is 245 g/mol. The highest BCUT2D eigenvalue weighted by atomic mass is 16.2. The molecule has 4 nitrogen and oxygen atoms in total. The van der Waals surface area contributed by atoms with Crippen LogP contribution in [0.4, 0.5) is 5.69 Å². The normalized spacial score (nSPS) is 10.8. The molecule has 0 saturated heterocycles. The maximum Gasteiger partial charge on any atom is 0.226 e. The molecule has 0 radical (unpaired) electrons. The van der Waals surface area contributed by atoms with Gasteiger partial charge in [0.1, 0.15) is 6.07 Å². The van der Waals surface area contributed by atoms with Crippen LogP contribution in [0.1, 0.15) is 32.3 Å². The van der Waals surface area contributed by atoms with Gasteiger partial charge in [-0.3, -0.25) is 4.79 Å². The summed E-state index contributed by atoms with van der Waals surface area (Å²) in [6, 6.07) is 9.15. The van der Waals surface area contributed by atoms with Crippen LogP contribution in [0.2, 0.25) is 0 Å². The Bertz CT molecular complexity index is 469. The fourth-order valence-electron chi connectivity index (χ4n) is 1.59. The van der Waals surface area contributed by atoms with E-state index in [9.17, 15) is 4.79 Å². The zero-order chi connectivity index (χ0) is 13.8. The number of nitrogens with zero attached hydrogens (tertiary/aromatic N) is 2. The van der Waals surface area contributed by atoms with E-state index in [0.717, 1.165) is 0 Å². The summed E-state index contributed by atoms with van der Waals surface area (Å²) in [6.45, 7) is 3.78. The second kappa shape index (κ2) is 5.65. The zero-order valence-corrected chi connectivity index (χ0v) is 11.1. The smallest absolute Gasteiger partial charge is 0.226 e. The second-order valence-corrected chi connectivity index (χ2v) is 5.07. The SMILES string of the molecule is CN(C(=O)CCC(C)(C)N)c1ccccc1C#N. The van der Waals surface area contributed by atoms with Crippen LogP contribution >= 0.6 is 0 Å². The molecule has 0 aliphatic carbocycles. The Hall–Kier alpha value is -1.86. The van der Waals surface area contributed by atoms with Crippen molar-refractivity contribution in [3.05, 3.63) is 29.8 Å². The van der Waals surface area contributed by atoms with Crippen LogP contribution in [0.15, 0.2) is 24.3 Å². The quantitative estimate of drug-likeness (QED) is 0.882. The number of amides is 1. The standard InChI is InChI=1S/C14H19N3O/c1-14(2,16)9-8-13(18)17(3)12-7-5-4-6-11(12)10-15/h4-7H,8-9,16H2,1-3H3. The molecule has 2 N–H and O–H groups in total. The lowest BCUT2D eigenvalue weighted by Crippen LogP contribution is -2.35. The van der Waals surface area contributed by atoms with Crippen molar-refractivity contribution in [3.8, 4) is 6.07 Å². The summed E-state index contributed by atoms with van der Waals surface area (Å²) in [4.78, 5) is 13.5. The van der Waals surface area contributed by atoms with Crippen LogP contribution in [0.5, 0.6) is 0 Å². The van der Waals surface area contributed by atoms with E-state index in [1.165, 1.54) is 4.90 Å². The third-order valence-electron chi connectivity index (χ3n) is 2.74. The van der Waals surface area contributed by atoms with E-state index in [2.05, 4.69) is 6.07 Å². The van der Waals surface area contributed by atoms with Crippen molar-refractivity contribution < 1.29 is 4.79 Å². The number of carbonyl (C=O) groups excluding carboxylic acids is 1. The first-order valence-electron chi connectivity index (χ1n) is 5.90. The van der Waals surface area contributed by atoms with E-state index >= 15 is 0 Å². The minimum atomic E-state index is -0.356. The van der Waals surface area contributed by atoms with Crippen molar-refractivity contribution in [3.63, 3.8) is 0 Å². The van der Waals surface area contributed by atoms with Gasteiger partial charge in [0, 0.05) is 19.0 Å². The highest BCUT2D eigenvalue weighted by molar-refractivity contribution is 5.94. The molecular formula is C14H19N3O. The van der Waals surface area contributed by atoms with Crippen molar-refractivity contribution in [1.82, 2.24) is 0 Å². The summed E-state index contributed by atoms with van der Waals surface area (Å²) >= 11 is 0. The predicted octanol–water partition coefficient (Wildman–Crippen LogP) is 2.04. The molecule has 0 heterocycles. The average Bonchev–Trinajstić information content (AvgIpc) is 2.34. The molecule has 1 rings (SSSR count). The summed E-state index contributed by atoms with van der Waals surface area (Å²) in [6.07, 6.45) is 0.991. The topological polar surface area (TPSA) is 70.1 Å².